The second kappa shape index (κ2) is 9.41. The molecule has 0 saturated carbocycles. The van der Waals surface area contributed by atoms with Crippen molar-refractivity contribution in [2.75, 3.05) is 25.5 Å². The number of carbonyl (C=O) groups excluding carboxylic acids is 2. The second-order valence-electron chi connectivity index (χ2n) is 6.81. The number of amides is 1. The average Bonchev–Trinajstić information content (AvgIpc) is 2.71. The molecular weight excluding hydrogens is 399 g/mol. The number of carbonyl (C=O) groups is 2. The van der Waals surface area contributed by atoms with Gasteiger partial charge in [-0.05, 0) is 56.3 Å². The van der Waals surface area contributed by atoms with Crippen LogP contribution in [0, 0.1) is 5.92 Å². The van der Waals surface area contributed by atoms with Gasteiger partial charge < -0.3 is 10.1 Å². The Morgan fingerprint density at radius 1 is 1.11 bits per heavy atom. The van der Waals surface area contributed by atoms with Gasteiger partial charge in [-0.25, -0.2) is 4.79 Å². The smallest absolute Gasteiger partial charge is 0.337 e. The summed E-state index contributed by atoms with van der Waals surface area (Å²) in [4.78, 5) is 26.5. The average molecular weight is 421 g/mol. The van der Waals surface area contributed by atoms with Crippen LogP contribution in [-0.2, 0) is 16.1 Å². The fourth-order valence-corrected chi connectivity index (χ4v) is 3.86. The summed E-state index contributed by atoms with van der Waals surface area (Å²) in [6.07, 6.45) is 1.51. The van der Waals surface area contributed by atoms with Crippen LogP contribution >= 0.6 is 23.2 Å². The lowest BCUT2D eigenvalue weighted by Gasteiger charge is -2.31. The van der Waals surface area contributed by atoms with E-state index in [0.29, 0.717) is 27.8 Å². The Labute approximate surface area is 174 Å². The number of methoxy groups -OCH3 is 1. The van der Waals surface area contributed by atoms with E-state index in [1.165, 1.54) is 7.11 Å². The molecule has 148 valence electrons. The number of esters is 1. The highest BCUT2D eigenvalue weighted by atomic mass is 35.5. The number of nitrogens with one attached hydrogen (secondary N) is 1. The molecule has 1 fully saturated rings. The predicted octanol–water partition coefficient (Wildman–Crippen LogP) is 4.63. The fourth-order valence-electron chi connectivity index (χ4n) is 3.35. The van der Waals surface area contributed by atoms with Gasteiger partial charge in [-0.2, -0.15) is 0 Å². The maximum Gasteiger partial charge on any atom is 0.337 e. The molecule has 28 heavy (non-hydrogen) atoms. The Hall–Kier alpha value is -2.08. The van der Waals surface area contributed by atoms with Crippen LogP contribution in [0.2, 0.25) is 10.0 Å². The monoisotopic (exact) mass is 420 g/mol. The lowest BCUT2D eigenvalue weighted by molar-refractivity contribution is -0.121. The molecule has 2 aromatic carbocycles. The molecule has 1 N–H and O–H groups in total. The third-order valence-electron chi connectivity index (χ3n) is 4.95. The number of hydrogen-bond acceptors (Lipinski definition) is 4. The molecular formula is C21H22Cl2N2O3. The van der Waals surface area contributed by atoms with E-state index < -0.39 is 5.97 Å². The summed E-state index contributed by atoms with van der Waals surface area (Å²) in [5.41, 5.74) is 1.93. The molecule has 3 rings (SSSR count). The topological polar surface area (TPSA) is 58.6 Å². The van der Waals surface area contributed by atoms with E-state index in [1.54, 1.807) is 24.3 Å². The van der Waals surface area contributed by atoms with Crippen molar-refractivity contribution < 1.29 is 14.3 Å². The van der Waals surface area contributed by atoms with E-state index in [2.05, 4.69) is 10.2 Å². The van der Waals surface area contributed by atoms with E-state index in [9.17, 15) is 9.59 Å². The minimum absolute atomic E-state index is 0.0301. The Morgan fingerprint density at radius 3 is 2.39 bits per heavy atom. The highest BCUT2D eigenvalue weighted by Gasteiger charge is 2.26. The molecule has 0 atom stereocenters. The van der Waals surface area contributed by atoms with Crippen LogP contribution in [0.1, 0.15) is 28.8 Å². The number of hydrogen-bond donors (Lipinski definition) is 1. The first-order valence-corrected chi connectivity index (χ1v) is 9.88. The quantitative estimate of drug-likeness (QED) is 0.716. The van der Waals surface area contributed by atoms with Crippen molar-refractivity contribution in [1.82, 2.24) is 4.90 Å². The number of halogens is 2. The van der Waals surface area contributed by atoms with Gasteiger partial charge >= 0.3 is 5.97 Å². The normalized spacial score (nSPS) is 15.2. The predicted molar refractivity (Wildman–Crippen MR) is 111 cm³/mol. The standard InChI is InChI=1S/C21H22Cl2N2O3/c1-28-21(27)15-4-2-5-16(12-15)24-20(26)14-8-10-25(11-9-14)13-17-18(22)6-3-7-19(17)23/h2-7,12,14H,8-11,13H2,1H3,(H,24,26). The van der Waals surface area contributed by atoms with E-state index in [0.717, 1.165) is 31.5 Å². The van der Waals surface area contributed by atoms with Crippen LogP contribution in [0.3, 0.4) is 0 Å². The van der Waals surface area contributed by atoms with Gasteiger partial charge in [0.25, 0.3) is 0 Å². The van der Waals surface area contributed by atoms with Crippen molar-refractivity contribution in [3.63, 3.8) is 0 Å². The highest BCUT2D eigenvalue weighted by molar-refractivity contribution is 6.35. The van der Waals surface area contributed by atoms with Crippen LogP contribution in [0.15, 0.2) is 42.5 Å². The zero-order valence-electron chi connectivity index (χ0n) is 15.6. The lowest BCUT2D eigenvalue weighted by Crippen LogP contribution is -2.37. The van der Waals surface area contributed by atoms with Gasteiger partial charge in [0.1, 0.15) is 0 Å². The third kappa shape index (κ3) is 5.04. The van der Waals surface area contributed by atoms with Crippen molar-refractivity contribution in [2.24, 2.45) is 5.92 Å². The molecule has 0 radical (unpaired) electrons. The van der Waals surface area contributed by atoms with E-state index in [1.807, 2.05) is 18.2 Å². The molecule has 1 heterocycles. The number of nitrogens with zero attached hydrogens (tertiary/aromatic N) is 1. The Kier molecular flexibility index (Phi) is 6.94. The molecule has 7 heteroatoms. The molecule has 0 bridgehead atoms. The van der Waals surface area contributed by atoms with Crippen LogP contribution in [0.5, 0.6) is 0 Å². The first-order chi connectivity index (χ1) is 13.5. The molecule has 0 spiro atoms. The van der Waals surface area contributed by atoms with Crippen LogP contribution < -0.4 is 5.32 Å². The molecule has 1 aliphatic heterocycles. The first kappa shape index (κ1) is 20.6. The fraction of sp³-hybridized carbons (Fsp3) is 0.333. The summed E-state index contributed by atoms with van der Waals surface area (Å²) in [6.45, 7) is 2.26. The maximum absolute atomic E-state index is 12.6. The number of anilines is 1. The van der Waals surface area contributed by atoms with E-state index in [4.69, 9.17) is 27.9 Å². The summed E-state index contributed by atoms with van der Waals surface area (Å²) in [5.74, 6) is -0.528. The van der Waals surface area contributed by atoms with Gasteiger partial charge in [-0.15, -0.1) is 0 Å². The molecule has 1 saturated heterocycles. The Bertz CT molecular complexity index is 844. The summed E-state index contributed by atoms with van der Waals surface area (Å²) in [5, 5.41) is 4.24. The Morgan fingerprint density at radius 2 is 1.75 bits per heavy atom. The van der Waals surface area contributed by atoms with Gasteiger partial charge in [0.2, 0.25) is 5.91 Å². The van der Waals surface area contributed by atoms with Crippen molar-refractivity contribution in [2.45, 2.75) is 19.4 Å². The SMILES string of the molecule is COC(=O)c1cccc(NC(=O)C2CCN(Cc3c(Cl)cccc3Cl)CC2)c1. The summed E-state index contributed by atoms with van der Waals surface area (Å²) < 4.78 is 4.71. The van der Waals surface area contributed by atoms with Crippen LogP contribution in [0.4, 0.5) is 5.69 Å². The van der Waals surface area contributed by atoms with Gasteiger partial charge in [0, 0.05) is 33.8 Å². The van der Waals surface area contributed by atoms with Crippen molar-refractivity contribution in [3.05, 3.63) is 63.6 Å². The maximum atomic E-state index is 12.6. The summed E-state index contributed by atoms with van der Waals surface area (Å²) >= 11 is 12.5. The minimum Gasteiger partial charge on any atom is -0.465 e. The number of likely N-dealkylation sites (tertiary alicyclic amines) is 1. The van der Waals surface area contributed by atoms with Gasteiger partial charge in [-0.3, -0.25) is 9.69 Å². The number of rotatable bonds is 5. The number of benzene rings is 2. The highest BCUT2D eigenvalue weighted by Crippen LogP contribution is 2.28. The lowest BCUT2D eigenvalue weighted by atomic mass is 9.95. The Balaban J connectivity index is 1.55. The summed E-state index contributed by atoms with van der Waals surface area (Å²) in [6, 6.07) is 12.3. The van der Waals surface area contributed by atoms with Gasteiger partial charge in [-0.1, -0.05) is 35.3 Å². The third-order valence-corrected chi connectivity index (χ3v) is 5.66. The molecule has 2 aromatic rings. The van der Waals surface area contributed by atoms with Gasteiger partial charge in [0.05, 0.1) is 12.7 Å². The summed E-state index contributed by atoms with van der Waals surface area (Å²) in [7, 11) is 1.33. The first-order valence-electron chi connectivity index (χ1n) is 9.12. The molecule has 1 aliphatic rings. The number of piperidine rings is 1. The molecule has 0 unspecified atom stereocenters. The zero-order valence-corrected chi connectivity index (χ0v) is 17.1. The molecule has 5 nitrogen and oxygen atoms in total. The molecule has 1 amide bonds. The van der Waals surface area contributed by atoms with E-state index in [-0.39, 0.29) is 11.8 Å². The van der Waals surface area contributed by atoms with Crippen LogP contribution in [0.25, 0.3) is 0 Å². The van der Waals surface area contributed by atoms with Gasteiger partial charge in [0.15, 0.2) is 0 Å². The van der Waals surface area contributed by atoms with Crippen molar-refractivity contribution in [1.29, 1.82) is 0 Å². The van der Waals surface area contributed by atoms with Crippen LogP contribution in [-0.4, -0.2) is 37.0 Å². The zero-order chi connectivity index (χ0) is 20.1. The molecule has 0 aliphatic carbocycles. The van der Waals surface area contributed by atoms with E-state index >= 15 is 0 Å². The van der Waals surface area contributed by atoms with Crippen molar-refractivity contribution in [3.8, 4) is 0 Å². The molecule has 0 aromatic heterocycles. The second-order valence-corrected chi connectivity index (χ2v) is 7.63. The van der Waals surface area contributed by atoms with Crippen molar-refractivity contribution >= 4 is 40.8 Å². The largest absolute Gasteiger partial charge is 0.465 e. The number of ether oxygens (including phenoxy) is 1. The minimum atomic E-state index is -0.428.